The number of hydrogen-bond donors (Lipinski definition) is 1. The predicted octanol–water partition coefficient (Wildman–Crippen LogP) is 4.77. The summed E-state index contributed by atoms with van der Waals surface area (Å²) in [4.78, 5) is 16.4. The van der Waals surface area contributed by atoms with Crippen LogP contribution in [0.25, 0.3) is 0 Å². The number of rotatable bonds is 6. The molecule has 3 rings (SSSR count). The zero-order valence-electron chi connectivity index (χ0n) is 14.3. The maximum Gasteiger partial charge on any atom is 0.136 e. The molecule has 0 aliphatic heterocycles. The van der Waals surface area contributed by atoms with Crippen molar-refractivity contribution in [3.8, 4) is 0 Å². The normalized spacial score (nSPS) is 33.4. The smallest absolute Gasteiger partial charge is 0.136 e. The molecule has 2 unspecified atom stereocenters. The van der Waals surface area contributed by atoms with Gasteiger partial charge < -0.3 is 5.11 Å². The van der Waals surface area contributed by atoms with E-state index in [1.54, 1.807) is 6.20 Å². The lowest BCUT2D eigenvalue weighted by molar-refractivity contribution is -0.130. The molecule has 128 valence electrons. The van der Waals surface area contributed by atoms with E-state index < -0.39 is 6.10 Å². The second-order valence-corrected chi connectivity index (χ2v) is 8.78. The maximum atomic E-state index is 12.2. The first-order valence-electron chi connectivity index (χ1n) is 9.12. The summed E-state index contributed by atoms with van der Waals surface area (Å²) in [7, 11) is 0. The van der Waals surface area contributed by atoms with Gasteiger partial charge in [0.05, 0.1) is 0 Å². The number of thiazole rings is 1. The maximum absolute atomic E-state index is 12.2. The van der Waals surface area contributed by atoms with E-state index >= 15 is 0 Å². The summed E-state index contributed by atoms with van der Waals surface area (Å²) in [5.41, 5.74) is 0.239. The van der Waals surface area contributed by atoms with Crippen LogP contribution in [0.4, 0.5) is 0 Å². The van der Waals surface area contributed by atoms with E-state index in [9.17, 15) is 9.90 Å². The first-order chi connectivity index (χ1) is 11.0. The van der Waals surface area contributed by atoms with Gasteiger partial charge in [0.1, 0.15) is 16.9 Å². The minimum absolute atomic E-state index is 0.239. The predicted molar refractivity (Wildman–Crippen MR) is 93.3 cm³/mol. The van der Waals surface area contributed by atoms with Crippen molar-refractivity contribution in [2.24, 2.45) is 23.2 Å². The van der Waals surface area contributed by atoms with Gasteiger partial charge >= 0.3 is 0 Å². The molecule has 5 atom stereocenters. The lowest BCUT2D eigenvalue weighted by Crippen LogP contribution is -2.39. The lowest BCUT2D eigenvalue weighted by atomic mass is 9.62. The van der Waals surface area contributed by atoms with Crippen LogP contribution in [0.2, 0.25) is 0 Å². The van der Waals surface area contributed by atoms with Crippen LogP contribution in [-0.4, -0.2) is 15.9 Å². The average Bonchev–Trinajstić information content (AvgIpc) is 3.14. The number of carbonyl (C=O) groups excluding carboxylic acids is 1. The largest absolute Gasteiger partial charge is 0.386 e. The Bertz CT molecular complexity index is 529. The van der Waals surface area contributed by atoms with E-state index in [2.05, 4.69) is 18.8 Å². The first-order valence-corrected chi connectivity index (χ1v) is 10.0. The van der Waals surface area contributed by atoms with Crippen LogP contribution < -0.4 is 0 Å². The molecule has 0 spiro atoms. The van der Waals surface area contributed by atoms with Crippen LogP contribution in [0.3, 0.4) is 0 Å². The van der Waals surface area contributed by atoms with E-state index in [-0.39, 0.29) is 5.41 Å². The molecular weight excluding hydrogens is 306 g/mol. The Hall–Kier alpha value is -0.740. The van der Waals surface area contributed by atoms with Crippen LogP contribution in [0.15, 0.2) is 11.6 Å². The Morgan fingerprint density at radius 1 is 1.43 bits per heavy atom. The van der Waals surface area contributed by atoms with Gasteiger partial charge in [-0.05, 0) is 49.4 Å². The van der Waals surface area contributed by atoms with Crippen LogP contribution in [0, 0.1) is 23.2 Å². The molecule has 2 fully saturated rings. The summed E-state index contributed by atoms with van der Waals surface area (Å²) in [5.74, 6) is 2.16. The van der Waals surface area contributed by atoms with Crippen molar-refractivity contribution in [2.45, 2.75) is 71.3 Å². The highest BCUT2D eigenvalue weighted by Gasteiger charge is 2.52. The monoisotopic (exact) mass is 335 g/mol. The zero-order valence-corrected chi connectivity index (χ0v) is 15.1. The molecule has 1 N–H and O–H groups in total. The quantitative estimate of drug-likeness (QED) is 0.815. The minimum atomic E-state index is -0.412. The summed E-state index contributed by atoms with van der Waals surface area (Å²) in [5, 5.41) is 12.9. The van der Waals surface area contributed by atoms with E-state index in [0.29, 0.717) is 23.5 Å². The standard InChI is InChI=1S/C19H29NO2S/c1-13(5-3-6-17(22)18-20-11-12-23-18)14-8-9-15-16(21)7-4-10-19(14,15)2/h11-15,17,22H,3-10H2,1-2H3/t13?,14-,15+,17?,19-/m1/s1. The number of aliphatic hydroxyl groups excluding tert-OH is 1. The van der Waals surface area contributed by atoms with Crippen LogP contribution >= 0.6 is 11.3 Å². The summed E-state index contributed by atoms with van der Waals surface area (Å²) < 4.78 is 0. The van der Waals surface area contributed by atoms with Crippen molar-refractivity contribution in [3.05, 3.63) is 16.6 Å². The SMILES string of the molecule is CC(CCCC(O)c1nccs1)[C@H]1CC[C@H]2C(=O)CCC[C@]12C. The number of aromatic nitrogens is 1. The number of nitrogens with zero attached hydrogens (tertiary/aromatic N) is 1. The first kappa shape index (κ1) is 17.1. The highest BCUT2D eigenvalue weighted by Crippen LogP contribution is 2.57. The molecule has 2 saturated carbocycles. The molecule has 0 amide bonds. The molecular formula is C19H29NO2S. The van der Waals surface area contributed by atoms with Crippen LogP contribution in [-0.2, 0) is 4.79 Å². The van der Waals surface area contributed by atoms with Crippen molar-refractivity contribution < 1.29 is 9.90 Å². The van der Waals surface area contributed by atoms with Gasteiger partial charge in [0.25, 0.3) is 0 Å². The molecule has 4 heteroatoms. The van der Waals surface area contributed by atoms with Gasteiger partial charge in [-0.15, -0.1) is 11.3 Å². The minimum Gasteiger partial charge on any atom is -0.386 e. The summed E-state index contributed by atoms with van der Waals surface area (Å²) in [6.45, 7) is 4.72. The van der Waals surface area contributed by atoms with E-state index in [4.69, 9.17) is 0 Å². The van der Waals surface area contributed by atoms with Crippen molar-refractivity contribution in [1.82, 2.24) is 4.98 Å². The van der Waals surface area contributed by atoms with Crippen molar-refractivity contribution in [2.75, 3.05) is 0 Å². The number of carbonyl (C=O) groups is 1. The van der Waals surface area contributed by atoms with Crippen LogP contribution in [0.5, 0.6) is 0 Å². The summed E-state index contributed by atoms with van der Waals surface area (Å²) >= 11 is 1.53. The molecule has 1 aromatic heterocycles. The molecule has 0 saturated heterocycles. The molecule has 0 aromatic carbocycles. The van der Waals surface area contributed by atoms with Gasteiger partial charge in [-0.3, -0.25) is 4.79 Å². The van der Waals surface area contributed by atoms with Gasteiger partial charge in [0, 0.05) is 23.9 Å². The van der Waals surface area contributed by atoms with Gasteiger partial charge in [-0.1, -0.05) is 26.7 Å². The number of Topliss-reactive ketones (excluding diaryl/α,β-unsaturated/α-hetero) is 1. The Kier molecular flexibility index (Phi) is 5.22. The van der Waals surface area contributed by atoms with Crippen molar-refractivity contribution >= 4 is 17.1 Å². The molecule has 2 aliphatic rings. The number of ketones is 1. The second kappa shape index (κ2) is 7.02. The summed E-state index contributed by atoms with van der Waals surface area (Å²) in [6.07, 6.45) is 9.74. The molecule has 1 heterocycles. The number of fused-ring (bicyclic) bond motifs is 1. The fourth-order valence-electron chi connectivity index (χ4n) is 5.26. The Labute approximate surface area is 143 Å². The third kappa shape index (κ3) is 3.39. The van der Waals surface area contributed by atoms with Gasteiger partial charge in [0.2, 0.25) is 0 Å². The zero-order chi connectivity index (χ0) is 16.4. The van der Waals surface area contributed by atoms with E-state index in [1.165, 1.54) is 24.2 Å². The Morgan fingerprint density at radius 3 is 3.00 bits per heavy atom. The summed E-state index contributed by atoms with van der Waals surface area (Å²) in [6, 6.07) is 0. The molecule has 3 nitrogen and oxygen atoms in total. The molecule has 0 bridgehead atoms. The lowest BCUT2D eigenvalue weighted by Gasteiger charge is -2.42. The fraction of sp³-hybridized carbons (Fsp3) is 0.789. The van der Waals surface area contributed by atoms with Gasteiger partial charge in [-0.2, -0.15) is 0 Å². The van der Waals surface area contributed by atoms with Crippen molar-refractivity contribution in [3.63, 3.8) is 0 Å². The average molecular weight is 336 g/mol. The van der Waals surface area contributed by atoms with E-state index in [1.807, 2.05) is 5.38 Å². The second-order valence-electron chi connectivity index (χ2n) is 7.86. The molecule has 23 heavy (non-hydrogen) atoms. The van der Waals surface area contributed by atoms with Crippen LogP contribution in [0.1, 0.15) is 76.3 Å². The number of hydrogen-bond acceptors (Lipinski definition) is 4. The fourth-order valence-corrected chi connectivity index (χ4v) is 5.92. The Morgan fingerprint density at radius 2 is 2.26 bits per heavy atom. The highest BCUT2D eigenvalue weighted by molar-refractivity contribution is 7.09. The molecule has 2 aliphatic carbocycles. The van der Waals surface area contributed by atoms with Crippen molar-refractivity contribution in [1.29, 1.82) is 0 Å². The van der Waals surface area contributed by atoms with Gasteiger partial charge in [-0.25, -0.2) is 4.98 Å². The van der Waals surface area contributed by atoms with E-state index in [0.717, 1.165) is 43.5 Å². The Balaban J connectivity index is 1.52. The topological polar surface area (TPSA) is 50.2 Å². The van der Waals surface area contributed by atoms with Gasteiger partial charge in [0.15, 0.2) is 0 Å². The number of aliphatic hydroxyl groups is 1. The molecule has 0 radical (unpaired) electrons. The highest BCUT2D eigenvalue weighted by atomic mass is 32.1. The molecule has 1 aromatic rings. The third-order valence-corrected chi connectivity index (χ3v) is 7.37. The third-order valence-electron chi connectivity index (χ3n) is 6.50.